The van der Waals surface area contributed by atoms with Crippen molar-refractivity contribution in [2.75, 3.05) is 0 Å². The predicted octanol–water partition coefficient (Wildman–Crippen LogP) is 5.24. The molecule has 0 spiro atoms. The van der Waals surface area contributed by atoms with Crippen molar-refractivity contribution in [3.05, 3.63) is 58.1 Å². The number of aryl methyl sites for hydroxylation is 1. The summed E-state index contributed by atoms with van der Waals surface area (Å²) in [5.41, 5.74) is 5.25. The van der Waals surface area contributed by atoms with Gasteiger partial charge >= 0.3 is 0 Å². The molecular formula is C20H26O2. The zero-order valence-corrected chi connectivity index (χ0v) is 14.1. The lowest BCUT2D eigenvalue weighted by Gasteiger charge is -2.16. The second kappa shape index (κ2) is 6.43. The maximum absolute atomic E-state index is 10.3. The molecule has 2 aromatic carbocycles. The molecule has 0 aliphatic rings. The van der Waals surface area contributed by atoms with Crippen molar-refractivity contribution >= 4 is 0 Å². The lowest BCUT2D eigenvalue weighted by atomic mass is 9.90. The first-order chi connectivity index (χ1) is 10.3. The summed E-state index contributed by atoms with van der Waals surface area (Å²) in [7, 11) is 0. The fourth-order valence-electron chi connectivity index (χ4n) is 2.76. The molecular weight excluding hydrogens is 272 g/mol. The van der Waals surface area contributed by atoms with E-state index < -0.39 is 0 Å². The highest BCUT2D eigenvalue weighted by Gasteiger charge is 2.13. The van der Waals surface area contributed by atoms with Crippen molar-refractivity contribution in [1.82, 2.24) is 0 Å². The number of phenols is 2. The highest BCUT2D eigenvalue weighted by molar-refractivity contribution is 5.47. The Morgan fingerprint density at radius 1 is 0.818 bits per heavy atom. The van der Waals surface area contributed by atoms with Gasteiger partial charge in [0.2, 0.25) is 0 Å². The molecule has 0 aliphatic carbocycles. The Morgan fingerprint density at radius 2 is 1.50 bits per heavy atom. The Hall–Kier alpha value is -1.96. The van der Waals surface area contributed by atoms with E-state index in [9.17, 15) is 10.2 Å². The van der Waals surface area contributed by atoms with E-state index in [2.05, 4.69) is 33.8 Å². The van der Waals surface area contributed by atoms with Crippen LogP contribution in [0.2, 0.25) is 0 Å². The molecule has 0 bridgehead atoms. The molecule has 0 aliphatic heterocycles. The monoisotopic (exact) mass is 298 g/mol. The lowest BCUT2D eigenvalue weighted by molar-refractivity contribution is 0.467. The molecule has 0 radical (unpaired) electrons. The number of benzene rings is 2. The van der Waals surface area contributed by atoms with Crippen LogP contribution >= 0.6 is 0 Å². The van der Waals surface area contributed by atoms with Gasteiger partial charge in [-0.3, -0.25) is 0 Å². The number of hydrogen-bond donors (Lipinski definition) is 2. The first kappa shape index (κ1) is 16.4. The first-order valence-electron chi connectivity index (χ1n) is 7.93. The Balaban J connectivity index is 2.40. The SMILES string of the molecule is Cc1cc(Cc2ccc(C(C)C)cc2O)c(C(C)C)cc1O. The quantitative estimate of drug-likeness (QED) is 0.810. The Kier molecular flexibility index (Phi) is 4.80. The minimum atomic E-state index is 0.332. The van der Waals surface area contributed by atoms with Crippen molar-refractivity contribution in [3.8, 4) is 11.5 Å². The standard InChI is InChI=1S/C20H26O2/c1-12(2)15-6-7-16(20(22)10-15)9-17-8-14(5)19(21)11-18(17)13(3)4/h6-8,10-13,21-22H,9H2,1-5H3. The largest absolute Gasteiger partial charge is 0.508 e. The summed E-state index contributed by atoms with van der Waals surface area (Å²) in [5, 5.41) is 20.2. The molecule has 118 valence electrons. The van der Waals surface area contributed by atoms with Crippen molar-refractivity contribution in [2.24, 2.45) is 0 Å². The van der Waals surface area contributed by atoms with Crippen LogP contribution in [-0.4, -0.2) is 10.2 Å². The van der Waals surface area contributed by atoms with Crippen molar-refractivity contribution in [1.29, 1.82) is 0 Å². The van der Waals surface area contributed by atoms with Gasteiger partial charge in [-0.2, -0.15) is 0 Å². The minimum Gasteiger partial charge on any atom is -0.508 e. The Labute approximate surface area is 133 Å². The average Bonchev–Trinajstić information content (AvgIpc) is 2.44. The molecule has 2 nitrogen and oxygen atoms in total. The highest BCUT2D eigenvalue weighted by atomic mass is 16.3. The third-order valence-corrected chi connectivity index (χ3v) is 4.24. The van der Waals surface area contributed by atoms with E-state index in [1.165, 1.54) is 0 Å². The molecule has 0 amide bonds. The fourth-order valence-corrected chi connectivity index (χ4v) is 2.76. The van der Waals surface area contributed by atoms with Crippen LogP contribution in [0.5, 0.6) is 11.5 Å². The smallest absolute Gasteiger partial charge is 0.119 e. The summed E-state index contributed by atoms with van der Waals surface area (Å²) >= 11 is 0. The molecule has 0 aromatic heterocycles. The van der Waals surface area contributed by atoms with Crippen LogP contribution in [0.25, 0.3) is 0 Å². The second-order valence-electron chi connectivity index (χ2n) is 6.71. The summed E-state index contributed by atoms with van der Waals surface area (Å²) in [5.74, 6) is 1.43. The van der Waals surface area contributed by atoms with Crippen LogP contribution in [-0.2, 0) is 6.42 Å². The molecule has 0 saturated carbocycles. The minimum absolute atomic E-state index is 0.332. The average molecular weight is 298 g/mol. The summed E-state index contributed by atoms with van der Waals surface area (Å²) in [6.45, 7) is 10.4. The molecule has 0 fully saturated rings. The van der Waals surface area contributed by atoms with Gasteiger partial charge in [-0.1, -0.05) is 45.9 Å². The van der Waals surface area contributed by atoms with E-state index in [0.29, 0.717) is 29.8 Å². The van der Waals surface area contributed by atoms with E-state index in [1.807, 2.05) is 31.2 Å². The van der Waals surface area contributed by atoms with Crippen molar-refractivity contribution in [2.45, 2.75) is 52.9 Å². The Bertz CT molecular complexity index is 670. The van der Waals surface area contributed by atoms with Gasteiger partial charge in [0.05, 0.1) is 0 Å². The molecule has 2 rings (SSSR count). The molecule has 2 heteroatoms. The van der Waals surface area contributed by atoms with Gasteiger partial charge in [0.15, 0.2) is 0 Å². The molecule has 2 N–H and O–H groups in total. The number of hydrogen-bond acceptors (Lipinski definition) is 2. The van der Waals surface area contributed by atoms with Gasteiger partial charge in [0.1, 0.15) is 11.5 Å². The molecule has 0 saturated heterocycles. The normalized spacial score (nSPS) is 11.4. The van der Waals surface area contributed by atoms with Gasteiger partial charge in [-0.25, -0.2) is 0 Å². The number of phenolic OH excluding ortho intramolecular Hbond substituents is 2. The van der Waals surface area contributed by atoms with Crippen molar-refractivity contribution in [3.63, 3.8) is 0 Å². The molecule has 0 heterocycles. The topological polar surface area (TPSA) is 40.5 Å². The maximum Gasteiger partial charge on any atom is 0.119 e. The van der Waals surface area contributed by atoms with Gasteiger partial charge in [-0.15, -0.1) is 0 Å². The second-order valence-corrected chi connectivity index (χ2v) is 6.71. The van der Waals surface area contributed by atoms with Gasteiger partial charge in [-0.05, 0) is 58.7 Å². The van der Waals surface area contributed by atoms with E-state index in [0.717, 1.165) is 27.8 Å². The zero-order chi connectivity index (χ0) is 16.4. The van der Waals surface area contributed by atoms with Gasteiger partial charge in [0, 0.05) is 6.42 Å². The van der Waals surface area contributed by atoms with Crippen LogP contribution < -0.4 is 0 Å². The van der Waals surface area contributed by atoms with E-state index >= 15 is 0 Å². The molecule has 2 aromatic rings. The number of aromatic hydroxyl groups is 2. The Morgan fingerprint density at radius 3 is 2.05 bits per heavy atom. The van der Waals surface area contributed by atoms with Gasteiger partial charge < -0.3 is 10.2 Å². The predicted molar refractivity (Wildman–Crippen MR) is 91.9 cm³/mol. The maximum atomic E-state index is 10.3. The van der Waals surface area contributed by atoms with E-state index in [-0.39, 0.29) is 0 Å². The molecule has 22 heavy (non-hydrogen) atoms. The fraction of sp³-hybridized carbons (Fsp3) is 0.400. The van der Waals surface area contributed by atoms with Crippen LogP contribution in [0.3, 0.4) is 0 Å². The van der Waals surface area contributed by atoms with E-state index in [4.69, 9.17) is 0 Å². The van der Waals surface area contributed by atoms with Crippen molar-refractivity contribution < 1.29 is 10.2 Å². The van der Waals surface area contributed by atoms with Crippen LogP contribution in [0.15, 0.2) is 30.3 Å². The third-order valence-electron chi connectivity index (χ3n) is 4.24. The lowest BCUT2D eigenvalue weighted by Crippen LogP contribution is -2.00. The molecule has 0 atom stereocenters. The zero-order valence-electron chi connectivity index (χ0n) is 14.1. The van der Waals surface area contributed by atoms with Crippen LogP contribution in [0.1, 0.15) is 67.3 Å². The number of rotatable bonds is 4. The molecule has 0 unspecified atom stereocenters. The van der Waals surface area contributed by atoms with E-state index in [1.54, 1.807) is 0 Å². The first-order valence-corrected chi connectivity index (χ1v) is 7.93. The van der Waals surface area contributed by atoms with Crippen LogP contribution in [0, 0.1) is 6.92 Å². The van der Waals surface area contributed by atoms with Crippen LogP contribution in [0.4, 0.5) is 0 Å². The highest BCUT2D eigenvalue weighted by Crippen LogP contribution is 2.31. The summed E-state index contributed by atoms with van der Waals surface area (Å²) < 4.78 is 0. The third kappa shape index (κ3) is 3.44. The summed E-state index contributed by atoms with van der Waals surface area (Å²) in [6, 6.07) is 9.84. The summed E-state index contributed by atoms with van der Waals surface area (Å²) in [6.07, 6.45) is 0.679. The summed E-state index contributed by atoms with van der Waals surface area (Å²) in [4.78, 5) is 0. The van der Waals surface area contributed by atoms with Gasteiger partial charge in [0.25, 0.3) is 0 Å².